The van der Waals surface area contributed by atoms with Crippen molar-refractivity contribution in [3.8, 4) is 0 Å². The van der Waals surface area contributed by atoms with Gasteiger partial charge in [-0.25, -0.2) is 0 Å². The normalized spacial score (nSPS) is 12.0. The molecule has 0 aliphatic heterocycles. The van der Waals surface area contributed by atoms with Crippen molar-refractivity contribution in [1.82, 2.24) is 0 Å². The molecule has 0 amide bonds. The Balaban J connectivity index is 0.0000106. The van der Waals surface area contributed by atoms with Gasteiger partial charge >= 0.3 is 0 Å². The summed E-state index contributed by atoms with van der Waals surface area (Å²) in [5.41, 5.74) is 10.8. The van der Waals surface area contributed by atoms with Crippen LogP contribution in [-0.4, -0.2) is 11.4 Å². The predicted octanol–water partition coefficient (Wildman–Crippen LogP) is 14.2. The number of aliphatic imine (C=N–C) groups is 2. The molecule has 262 valence electrons. The Bertz CT molecular complexity index is 1120. The maximum Gasteiger partial charge on any atom is 0.0636 e. The first-order valence-corrected chi connectivity index (χ1v) is 19.5. The molecule has 0 unspecified atom stereocenters. The van der Waals surface area contributed by atoms with Crippen molar-refractivity contribution < 1.29 is 20.4 Å². The molecule has 0 heterocycles. The Morgan fingerprint density at radius 2 is 0.717 bits per heavy atom. The molecule has 2 nitrogen and oxygen atoms in total. The zero-order valence-corrected chi connectivity index (χ0v) is 32.5. The van der Waals surface area contributed by atoms with Gasteiger partial charge in [0, 0.05) is 20.4 Å². The number of benzene rings is 2. The predicted molar refractivity (Wildman–Crippen MR) is 204 cm³/mol. The van der Waals surface area contributed by atoms with Gasteiger partial charge in [-0.3, -0.25) is 9.98 Å². The van der Waals surface area contributed by atoms with E-state index >= 15 is 0 Å². The third-order valence-corrected chi connectivity index (χ3v) is 9.22. The molecule has 0 saturated heterocycles. The van der Waals surface area contributed by atoms with Crippen molar-refractivity contribution in [1.29, 1.82) is 0 Å². The fourth-order valence-corrected chi connectivity index (χ4v) is 6.31. The molecule has 0 spiro atoms. The topological polar surface area (TPSA) is 24.7 Å². The van der Waals surface area contributed by atoms with Gasteiger partial charge in [0.05, 0.1) is 22.8 Å². The van der Waals surface area contributed by atoms with Gasteiger partial charge in [0.25, 0.3) is 0 Å². The van der Waals surface area contributed by atoms with Gasteiger partial charge in [-0.2, -0.15) is 0 Å². The molecule has 0 aliphatic rings. The zero-order valence-electron chi connectivity index (χ0n) is 30.9. The van der Waals surface area contributed by atoms with E-state index in [0.29, 0.717) is 0 Å². The van der Waals surface area contributed by atoms with E-state index < -0.39 is 0 Å². The monoisotopic (exact) mass is 720 g/mol. The van der Waals surface area contributed by atoms with Gasteiger partial charge in [0.2, 0.25) is 0 Å². The second-order valence-electron chi connectivity index (χ2n) is 13.4. The van der Waals surface area contributed by atoms with E-state index in [2.05, 4.69) is 77.9 Å². The Labute approximate surface area is 299 Å². The second-order valence-corrected chi connectivity index (χ2v) is 13.4. The van der Waals surface area contributed by atoms with Crippen LogP contribution in [0.2, 0.25) is 0 Å². The summed E-state index contributed by atoms with van der Waals surface area (Å²) in [7, 11) is 0. The molecule has 0 aliphatic carbocycles. The largest absolute Gasteiger partial charge is 0.252 e. The minimum atomic E-state index is 0. The van der Waals surface area contributed by atoms with Crippen LogP contribution in [-0.2, 0) is 46.1 Å². The first-order valence-electron chi connectivity index (χ1n) is 19.5. The average molecular weight is 721 g/mol. The number of hydrogen-bond donors (Lipinski definition) is 0. The number of aryl methyl sites for hydroxylation is 4. The first-order chi connectivity index (χ1) is 22.1. The quantitative estimate of drug-likeness (QED) is 0.0525. The third-order valence-electron chi connectivity index (χ3n) is 9.22. The number of rotatable bonds is 26. The smallest absolute Gasteiger partial charge is 0.0636 e. The van der Waals surface area contributed by atoms with Gasteiger partial charge in [0.15, 0.2) is 0 Å². The van der Waals surface area contributed by atoms with Gasteiger partial charge < -0.3 is 0 Å². The van der Waals surface area contributed by atoms with Crippen molar-refractivity contribution in [3.63, 3.8) is 0 Å². The summed E-state index contributed by atoms with van der Waals surface area (Å²) >= 11 is 0. The summed E-state index contributed by atoms with van der Waals surface area (Å²) in [4.78, 5) is 10.9. The second kappa shape index (κ2) is 27.4. The van der Waals surface area contributed by atoms with Crippen LogP contribution in [0, 0.1) is 0 Å². The van der Waals surface area contributed by atoms with Gasteiger partial charge in [0.1, 0.15) is 0 Å². The van der Waals surface area contributed by atoms with E-state index in [-0.39, 0.29) is 20.4 Å². The minimum Gasteiger partial charge on any atom is -0.252 e. The maximum absolute atomic E-state index is 5.44. The Morgan fingerprint density at radius 3 is 1.09 bits per heavy atom. The summed E-state index contributed by atoms with van der Waals surface area (Å²) in [6, 6.07) is 14.2. The van der Waals surface area contributed by atoms with Crippen LogP contribution in [0.1, 0.15) is 186 Å². The van der Waals surface area contributed by atoms with Crippen molar-refractivity contribution >= 4 is 22.8 Å². The number of hydrogen-bond acceptors (Lipinski definition) is 2. The van der Waals surface area contributed by atoms with E-state index in [1.807, 2.05) is 0 Å². The van der Waals surface area contributed by atoms with Gasteiger partial charge in [-0.1, -0.05) is 124 Å². The van der Waals surface area contributed by atoms with E-state index in [4.69, 9.17) is 9.98 Å². The van der Waals surface area contributed by atoms with Crippen molar-refractivity contribution in [2.45, 2.75) is 189 Å². The molecule has 0 radical (unpaired) electrons. The average Bonchev–Trinajstić information content (AvgIpc) is 3.05. The molecule has 0 aromatic heterocycles. The molecule has 0 N–H and O–H groups in total. The van der Waals surface area contributed by atoms with Crippen LogP contribution >= 0.6 is 0 Å². The van der Waals surface area contributed by atoms with Gasteiger partial charge in [-0.05, 0) is 124 Å². The van der Waals surface area contributed by atoms with Crippen molar-refractivity contribution in [2.75, 3.05) is 0 Å². The molecule has 3 heteroatoms. The first kappa shape index (κ1) is 42.5. The molecule has 0 bridgehead atoms. The summed E-state index contributed by atoms with van der Waals surface area (Å²) in [6.07, 6.45) is 28.1. The standard InChI is InChI=1S/C43H70N2.Pd/c1-7-13-19-24-36-30-32-40(34-38(36)26-21-15-9-3)44-42(28-18-12-6)43(29-23-17-11-5)45-41-33-31-37(25-20-14-8-2)39(35-41)27-22-16-10-4;/h30-35H,7-29H2,1-6H3;/b44-42+,45-43+;. The molecular weight excluding hydrogens is 651 g/mol. The van der Waals surface area contributed by atoms with E-state index in [9.17, 15) is 0 Å². The molecule has 2 rings (SSSR count). The van der Waals surface area contributed by atoms with Gasteiger partial charge in [-0.15, -0.1) is 0 Å². The van der Waals surface area contributed by atoms with Crippen LogP contribution in [0.4, 0.5) is 11.4 Å². The molecular formula is C43H70N2Pd. The van der Waals surface area contributed by atoms with Crippen LogP contribution in [0.3, 0.4) is 0 Å². The van der Waals surface area contributed by atoms with Crippen molar-refractivity contribution in [3.05, 3.63) is 58.7 Å². The molecule has 2 aromatic rings. The summed E-state index contributed by atoms with van der Waals surface area (Å²) in [6.45, 7) is 13.8. The maximum atomic E-state index is 5.44. The summed E-state index contributed by atoms with van der Waals surface area (Å²) < 4.78 is 0. The number of unbranched alkanes of at least 4 members (excludes halogenated alkanes) is 11. The molecule has 0 fully saturated rings. The summed E-state index contributed by atoms with van der Waals surface area (Å²) in [5, 5.41) is 0. The SMILES string of the molecule is CCCCCC(=N\c1ccc(CCCCC)c(CCCCC)c1)/C(CCCC)=N/c1ccc(CCCCC)c(CCCCC)c1.[Pd]. The Kier molecular flexibility index (Phi) is 25.3. The molecule has 0 saturated carbocycles. The van der Waals surface area contributed by atoms with Crippen molar-refractivity contribution in [2.24, 2.45) is 9.98 Å². The fourth-order valence-electron chi connectivity index (χ4n) is 6.31. The fraction of sp³-hybridized carbons (Fsp3) is 0.674. The number of nitrogens with zero attached hydrogens (tertiary/aromatic N) is 2. The van der Waals surface area contributed by atoms with E-state index in [1.54, 1.807) is 11.1 Å². The van der Waals surface area contributed by atoms with Crippen LogP contribution in [0.15, 0.2) is 46.4 Å². The van der Waals surface area contributed by atoms with E-state index in [0.717, 1.165) is 30.6 Å². The Morgan fingerprint density at radius 1 is 0.391 bits per heavy atom. The van der Waals surface area contributed by atoms with Crippen LogP contribution in [0.25, 0.3) is 0 Å². The van der Waals surface area contributed by atoms with Crippen LogP contribution in [0.5, 0.6) is 0 Å². The minimum absolute atomic E-state index is 0. The Hall–Kier alpha value is -1.56. The zero-order chi connectivity index (χ0) is 32.5. The molecule has 2 aromatic carbocycles. The third kappa shape index (κ3) is 17.0. The van der Waals surface area contributed by atoms with Crippen LogP contribution < -0.4 is 0 Å². The molecule has 0 atom stereocenters. The summed E-state index contributed by atoms with van der Waals surface area (Å²) in [5.74, 6) is 0. The molecule has 46 heavy (non-hydrogen) atoms. The van der Waals surface area contributed by atoms with E-state index in [1.165, 1.54) is 151 Å².